The summed E-state index contributed by atoms with van der Waals surface area (Å²) in [6.07, 6.45) is 0. The highest BCUT2D eigenvalue weighted by atomic mass is 79.9. The summed E-state index contributed by atoms with van der Waals surface area (Å²) in [5, 5.41) is 14.2. The van der Waals surface area contributed by atoms with Gasteiger partial charge in [0.25, 0.3) is 5.69 Å². The SMILES string of the molecule is COc1ccccc1CNCc1cc(Br)ccc1[N+](=O)[O-]. The fourth-order valence-electron chi connectivity index (χ4n) is 2.05. The zero-order valence-electron chi connectivity index (χ0n) is 11.5. The van der Waals surface area contributed by atoms with Crippen LogP contribution in [0.5, 0.6) is 5.75 Å². The van der Waals surface area contributed by atoms with Gasteiger partial charge in [0.1, 0.15) is 5.75 Å². The molecule has 0 fully saturated rings. The van der Waals surface area contributed by atoms with E-state index in [9.17, 15) is 10.1 Å². The van der Waals surface area contributed by atoms with Crippen LogP contribution in [-0.4, -0.2) is 12.0 Å². The molecule has 6 heteroatoms. The van der Waals surface area contributed by atoms with Gasteiger partial charge in [0.2, 0.25) is 0 Å². The Labute approximate surface area is 131 Å². The molecule has 0 aliphatic heterocycles. The van der Waals surface area contributed by atoms with E-state index < -0.39 is 0 Å². The van der Waals surface area contributed by atoms with Crippen molar-refractivity contribution in [1.82, 2.24) is 5.32 Å². The lowest BCUT2D eigenvalue weighted by molar-refractivity contribution is -0.385. The zero-order valence-corrected chi connectivity index (χ0v) is 13.1. The van der Waals surface area contributed by atoms with Crippen LogP contribution >= 0.6 is 15.9 Å². The minimum Gasteiger partial charge on any atom is -0.496 e. The van der Waals surface area contributed by atoms with Gasteiger partial charge in [-0.1, -0.05) is 34.1 Å². The lowest BCUT2D eigenvalue weighted by atomic mass is 10.1. The predicted molar refractivity (Wildman–Crippen MR) is 84.3 cm³/mol. The van der Waals surface area contributed by atoms with Crippen LogP contribution in [0.25, 0.3) is 0 Å². The van der Waals surface area contributed by atoms with E-state index >= 15 is 0 Å². The number of ether oxygens (including phenoxy) is 1. The number of nitro benzene ring substituents is 1. The summed E-state index contributed by atoms with van der Waals surface area (Å²) in [6.45, 7) is 0.988. The van der Waals surface area contributed by atoms with Crippen LogP contribution in [0.1, 0.15) is 11.1 Å². The van der Waals surface area contributed by atoms with Crippen LogP contribution < -0.4 is 10.1 Å². The van der Waals surface area contributed by atoms with E-state index in [-0.39, 0.29) is 10.6 Å². The molecule has 0 unspecified atom stereocenters. The molecule has 2 rings (SSSR count). The number of para-hydroxylation sites is 1. The molecule has 5 nitrogen and oxygen atoms in total. The van der Waals surface area contributed by atoms with E-state index in [4.69, 9.17) is 4.74 Å². The van der Waals surface area contributed by atoms with Crippen LogP contribution in [0.15, 0.2) is 46.9 Å². The molecule has 0 spiro atoms. The molecule has 2 aromatic carbocycles. The lowest BCUT2D eigenvalue weighted by Crippen LogP contribution is -2.14. The maximum absolute atomic E-state index is 11.0. The van der Waals surface area contributed by atoms with Crippen LogP contribution in [0.2, 0.25) is 0 Å². The Bertz CT molecular complexity index is 647. The second-order valence-corrected chi connectivity index (χ2v) is 5.36. The molecule has 0 amide bonds. The molecule has 110 valence electrons. The third-order valence-corrected chi connectivity index (χ3v) is 3.55. The maximum atomic E-state index is 11.0. The van der Waals surface area contributed by atoms with Gasteiger partial charge in [-0.25, -0.2) is 0 Å². The normalized spacial score (nSPS) is 10.4. The van der Waals surface area contributed by atoms with Gasteiger partial charge in [0, 0.05) is 34.8 Å². The number of hydrogen-bond donors (Lipinski definition) is 1. The van der Waals surface area contributed by atoms with Crippen LogP contribution in [0.3, 0.4) is 0 Å². The van der Waals surface area contributed by atoms with E-state index in [1.807, 2.05) is 24.3 Å². The Morgan fingerprint density at radius 2 is 1.90 bits per heavy atom. The van der Waals surface area contributed by atoms with Crippen molar-refractivity contribution in [2.45, 2.75) is 13.1 Å². The molecule has 0 saturated heterocycles. The van der Waals surface area contributed by atoms with Gasteiger partial charge in [-0.15, -0.1) is 0 Å². The molecule has 0 bridgehead atoms. The van der Waals surface area contributed by atoms with Gasteiger partial charge >= 0.3 is 0 Å². The van der Waals surface area contributed by atoms with Crippen molar-refractivity contribution in [3.8, 4) is 5.75 Å². The Morgan fingerprint density at radius 3 is 2.62 bits per heavy atom. The number of nitrogens with one attached hydrogen (secondary N) is 1. The van der Waals surface area contributed by atoms with Gasteiger partial charge in [0.15, 0.2) is 0 Å². The Kier molecular flexibility index (Phi) is 5.30. The molecule has 0 atom stereocenters. The van der Waals surface area contributed by atoms with E-state index in [0.717, 1.165) is 15.8 Å². The van der Waals surface area contributed by atoms with Crippen molar-refractivity contribution in [3.63, 3.8) is 0 Å². The fourth-order valence-corrected chi connectivity index (χ4v) is 2.46. The van der Waals surface area contributed by atoms with E-state index in [1.54, 1.807) is 19.2 Å². The first-order chi connectivity index (χ1) is 10.1. The first-order valence-corrected chi connectivity index (χ1v) is 7.16. The molecule has 0 aliphatic carbocycles. The lowest BCUT2D eigenvalue weighted by Gasteiger charge is -2.10. The smallest absolute Gasteiger partial charge is 0.273 e. The predicted octanol–water partition coefficient (Wildman–Crippen LogP) is 3.66. The number of benzene rings is 2. The summed E-state index contributed by atoms with van der Waals surface area (Å²) in [4.78, 5) is 10.6. The zero-order chi connectivity index (χ0) is 15.2. The fraction of sp³-hybridized carbons (Fsp3) is 0.200. The van der Waals surface area contributed by atoms with E-state index in [2.05, 4.69) is 21.2 Å². The first-order valence-electron chi connectivity index (χ1n) is 6.37. The molecular formula is C15H15BrN2O3. The molecule has 0 aromatic heterocycles. The largest absolute Gasteiger partial charge is 0.496 e. The number of hydrogen-bond acceptors (Lipinski definition) is 4. The first kappa shape index (κ1) is 15.5. The van der Waals surface area contributed by atoms with Crippen LogP contribution in [0, 0.1) is 10.1 Å². The highest BCUT2D eigenvalue weighted by Crippen LogP contribution is 2.23. The Morgan fingerprint density at radius 1 is 1.19 bits per heavy atom. The van der Waals surface area contributed by atoms with Gasteiger partial charge in [-0.2, -0.15) is 0 Å². The molecule has 21 heavy (non-hydrogen) atoms. The van der Waals surface area contributed by atoms with Crippen molar-refractivity contribution < 1.29 is 9.66 Å². The number of nitrogens with zero attached hydrogens (tertiary/aromatic N) is 1. The van der Waals surface area contributed by atoms with Crippen molar-refractivity contribution in [1.29, 1.82) is 0 Å². The quantitative estimate of drug-likeness (QED) is 0.637. The van der Waals surface area contributed by atoms with Crippen LogP contribution in [-0.2, 0) is 13.1 Å². The highest BCUT2D eigenvalue weighted by Gasteiger charge is 2.13. The highest BCUT2D eigenvalue weighted by molar-refractivity contribution is 9.10. The second-order valence-electron chi connectivity index (χ2n) is 4.45. The summed E-state index contributed by atoms with van der Waals surface area (Å²) in [5.41, 5.74) is 1.77. The van der Waals surface area contributed by atoms with Gasteiger partial charge < -0.3 is 10.1 Å². The second kappa shape index (κ2) is 7.19. The Balaban J connectivity index is 2.07. The molecule has 0 saturated carbocycles. The van der Waals surface area contributed by atoms with Crippen molar-refractivity contribution in [2.75, 3.05) is 7.11 Å². The minimum absolute atomic E-state index is 0.116. The summed E-state index contributed by atoms with van der Waals surface area (Å²) < 4.78 is 6.09. The molecule has 2 aromatic rings. The average Bonchev–Trinajstić information content (AvgIpc) is 2.47. The molecule has 1 N–H and O–H groups in total. The summed E-state index contributed by atoms with van der Waals surface area (Å²) >= 11 is 3.33. The van der Waals surface area contributed by atoms with Crippen molar-refractivity contribution in [2.24, 2.45) is 0 Å². The third kappa shape index (κ3) is 4.03. The number of halogens is 1. The maximum Gasteiger partial charge on any atom is 0.273 e. The molecular weight excluding hydrogens is 336 g/mol. The van der Waals surface area contributed by atoms with E-state index in [1.165, 1.54) is 6.07 Å². The average molecular weight is 351 g/mol. The summed E-state index contributed by atoms with van der Waals surface area (Å²) in [6, 6.07) is 12.6. The summed E-state index contributed by atoms with van der Waals surface area (Å²) in [7, 11) is 1.62. The van der Waals surface area contributed by atoms with Gasteiger partial charge in [-0.3, -0.25) is 10.1 Å². The topological polar surface area (TPSA) is 64.4 Å². The monoisotopic (exact) mass is 350 g/mol. The molecule has 0 radical (unpaired) electrons. The van der Waals surface area contributed by atoms with Crippen molar-refractivity contribution in [3.05, 3.63) is 68.2 Å². The van der Waals surface area contributed by atoms with Crippen molar-refractivity contribution >= 4 is 21.6 Å². The number of rotatable bonds is 6. The molecule has 0 aliphatic rings. The molecule has 0 heterocycles. The van der Waals surface area contributed by atoms with E-state index in [0.29, 0.717) is 18.7 Å². The van der Waals surface area contributed by atoms with Crippen LogP contribution in [0.4, 0.5) is 5.69 Å². The third-order valence-electron chi connectivity index (χ3n) is 3.06. The van der Waals surface area contributed by atoms with Gasteiger partial charge in [0.05, 0.1) is 12.0 Å². The minimum atomic E-state index is -0.368. The number of methoxy groups -OCH3 is 1. The Hall–Kier alpha value is -1.92. The summed E-state index contributed by atoms with van der Waals surface area (Å²) in [5.74, 6) is 0.800. The van der Waals surface area contributed by atoms with Gasteiger partial charge in [-0.05, 0) is 18.2 Å². The standard InChI is InChI=1S/C15H15BrN2O3/c1-21-15-5-3-2-4-11(15)9-17-10-12-8-13(16)6-7-14(12)18(19)20/h2-8,17H,9-10H2,1H3. The number of nitro groups is 1.